The van der Waals surface area contributed by atoms with Gasteiger partial charge in [-0.3, -0.25) is 19.4 Å². The van der Waals surface area contributed by atoms with E-state index in [1.54, 1.807) is 41.4 Å². The molecule has 1 aromatic carbocycles. The molecule has 0 atom stereocenters. The Morgan fingerprint density at radius 2 is 1.83 bits per heavy atom. The van der Waals surface area contributed by atoms with Crippen LogP contribution in [0.25, 0.3) is 0 Å². The van der Waals surface area contributed by atoms with Crippen molar-refractivity contribution in [2.24, 2.45) is 0 Å². The fourth-order valence-corrected chi connectivity index (χ4v) is 3.92. The molecule has 0 bridgehead atoms. The summed E-state index contributed by atoms with van der Waals surface area (Å²) in [4.78, 5) is 34.1. The van der Waals surface area contributed by atoms with Crippen LogP contribution < -0.4 is 10.2 Å². The number of amides is 2. The number of carbonyl (C=O) groups is 2. The second kappa shape index (κ2) is 9.55. The van der Waals surface area contributed by atoms with Gasteiger partial charge in [0, 0.05) is 19.0 Å². The standard InChI is InChI=1S/C24H26N4O2/c29-22(14-4-3-9-18-27-16-7-1-2-8-17-27)28-21-13-6-5-11-19(21)24(30)26-20-12-10-15-25-23(20)28/h5-6,10-13,15H,1-2,4,7-8,14,16-18H2,(H,26,30). The van der Waals surface area contributed by atoms with Gasteiger partial charge in [-0.1, -0.05) is 30.9 Å². The summed E-state index contributed by atoms with van der Waals surface area (Å²) in [5.74, 6) is 6.45. The maximum Gasteiger partial charge on any atom is 0.257 e. The summed E-state index contributed by atoms with van der Waals surface area (Å²) < 4.78 is 0. The Hall–Kier alpha value is -3.17. The van der Waals surface area contributed by atoms with E-state index in [1.165, 1.54) is 25.7 Å². The first-order valence-corrected chi connectivity index (χ1v) is 10.6. The topological polar surface area (TPSA) is 65.5 Å². The van der Waals surface area contributed by atoms with Gasteiger partial charge in [0.1, 0.15) is 0 Å². The third kappa shape index (κ3) is 4.52. The highest BCUT2D eigenvalue weighted by Gasteiger charge is 2.29. The van der Waals surface area contributed by atoms with E-state index in [9.17, 15) is 9.59 Å². The molecular formula is C24H26N4O2. The molecule has 154 valence electrons. The van der Waals surface area contributed by atoms with E-state index in [-0.39, 0.29) is 18.2 Å². The van der Waals surface area contributed by atoms with Crippen molar-refractivity contribution in [3.05, 3.63) is 48.2 Å². The third-order valence-corrected chi connectivity index (χ3v) is 5.48. The predicted octanol–water partition coefficient (Wildman–Crippen LogP) is 3.97. The second-order valence-electron chi connectivity index (χ2n) is 7.62. The maximum atomic E-state index is 13.2. The first-order chi connectivity index (χ1) is 14.7. The number of rotatable bonds is 3. The smallest absolute Gasteiger partial charge is 0.257 e. The van der Waals surface area contributed by atoms with Crippen LogP contribution in [0, 0.1) is 11.8 Å². The van der Waals surface area contributed by atoms with Crippen LogP contribution in [0.5, 0.6) is 0 Å². The number of nitrogens with zero attached hydrogens (tertiary/aromatic N) is 3. The Labute approximate surface area is 177 Å². The van der Waals surface area contributed by atoms with Gasteiger partial charge < -0.3 is 5.32 Å². The minimum absolute atomic E-state index is 0.122. The van der Waals surface area contributed by atoms with Crippen molar-refractivity contribution in [1.82, 2.24) is 9.88 Å². The van der Waals surface area contributed by atoms with Gasteiger partial charge in [-0.2, -0.15) is 0 Å². The van der Waals surface area contributed by atoms with Gasteiger partial charge >= 0.3 is 0 Å². The van der Waals surface area contributed by atoms with E-state index in [1.807, 2.05) is 6.07 Å². The quantitative estimate of drug-likeness (QED) is 0.789. The number of para-hydroxylation sites is 1. The van der Waals surface area contributed by atoms with Gasteiger partial charge in [0.15, 0.2) is 5.82 Å². The summed E-state index contributed by atoms with van der Waals surface area (Å²) in [6.45, 7) is 2.99. The lowest BCUT2D eigenvalue weighted by Crippen LogP contribution is -2.27. The molecule has 2 aliphatic heterocycles. The van der Waals surface area contributed by atoms with Crippen molar-refractivity contribution in [1.29, 1.82) is 0 Å². The van der Waals surface area contributed by atoms with Gasteiger partial charge in [-0.05, 0) is 50.2 Å². The normalized spacial score (nSPS) is 16.3. The van der Waals surface area contributed by atoms with Crippen LogP contribution >= 0.6 is 0 Å². The van der Waals surface area contributed by atoms with E-state index >= 15 is 0 Å². The molecule has 2 aromatic rings. The summed E-state index contributed by atoms with van der Waals surface area (Å²) >= 11 is 0. The predicted molar refractivity (Wildman–Crippen MR) is 118 cm³/mol. The van der Waals surface area contributed by atoms with E-state index in [0.717, 1.165) is 19.6 Å². The van der Waals surface area contributed by atoms with Gasteiger partial charge in [0.2, 0.25) is 5.91 Å². The molecule has 4 rings (SSSR count). The molecule has 0 radical (unpaired) electrons. The molecule has 2 aliphatic rings. The van der Waals surface area contributed by atoms with Crippen molar-refractivity contribution < 1.29 is 9.59 Å². The molecule has 6 heteroatoms. The largest absolute Gasteiger partial charge is 0.319 e. The van der Waals surface area contributed by atoms with E-state index in [4.69, 9.17) is 0 Å². The van der Waals surface area contributed by atoms with Crippen molar-refractivity contribution in [2.45, 2.75) is 38.5 Å². The summed E-state index contributed by atoms with van der Waals surface area (Å²) in [6, 6.07) is 10.6. The lowest BCUT2D eigenvalue weighted by molar-refractivity contribution is -0.117. The van der Waals surface area contributed by atoms with Crippen LogP contribution in [0.2, 0.25) is 0 Å². The molecule has 1 saturated heterocycles. The zero-order valence-corrected chi connectivity index (χ0v) is 17.1. The molecule has 0 saturated carbocycles. The van der Waals surface area contributed by atoms with E-state index < -0.39 is 0 Å². The van der Waals surface area contributed by atoms with Crippen LogP contribution in [-0.4, -0.2) is 41.3 Å². The number of benzene rings is 1. The molecule has 1 N–H and O–H groups in total. The number of carbonyl (C=O) groups excluding carboxylic acids is 2. The van der Waals surface area contributed by atoms with Crippen LogP contribution in [0.3, 0.4) is 0 Å². The maximum absolute atomic E-state index is 13.2. The summed E-state index contributed by atoms with van der Waals surface area (Å²) in [7, 11) is 0. The summed E-state index contributed by atoms with van der Waals surface area (Å²) in [5.41, 5.74) is 1.53. The number of aromatic nitrogens is 1. The zero-order chi connectivity index (χ0) is 20.8. The SMILES string of the molecule is O=C1Nc2cccnc2N(C(=O)CCC#CCN2CCCCCC2)c2ccccc21. The number of pyridine rings is 1. The third-order valence-electron chi connectivity index (χ3n) is 5.48. The summed E-state index contributed by atoms with van der Waals surface area (Å²) in [6.07, 6.45) is 7.48. The molecule has 1 fully saturated rings. The molecule has 1 aromatic heterocycles. The van der Waals surface area contributed by atoms with Crippen molar-refractivity contribution in [3.63, 3.8) is 0 Å². The Kier molecular flexibility index (Phi) is 6.41. The highest BCUT2D eigenvalue weighted by molar-refractivity contribution is 6.17. The molecule has 2 amide bonds. The highest BCUT2D eigenvalue weighted by Crippen LogP contribution is 2.36. The molecular weight excluding hydrogens is 376 g/mol. The minimum Gasteiger partial charge on any atom is -0.319 e. The van der Waals surface area contributed by atoms with Crippen molar-refractivity contribution in [3.8, 4) is 11.8 Å². The number of hydrogen-bond donors (Lipinski definition) is 1. The number of fused-ring (bicyclic) bond motifs is 2. The lowest BCUT2D eigenvalue weighted by atomic mass is 10.1. The minimum atomic E-state index is -0.243. The molecule has 6 nitrogen and oxygen atoms in total. The first kappa shape index (κ1) is 20.1. The van der Waals surface area contributed by atoms with Gasteiger partial charge in [-0.15, -0.1) is 5.92 Å². The van der Waals surface area contributed by atoms with Crippen LogP contribution in [-0.2, 0) is 4.79 Å². The molecule has 0 aliphatic carbocycles. The van der Waals surface area contributed by atoms with Gasteiger partial charge in [0.25, 0.3) is 5.91 Å². The summed E-state index contributed by atoms with van der Waals surface area (Å²) in [5, 5.41) is 2.85. The van der Waals surface area contributed by atoms with Crippen molar-refractivity contribution >= 4 is 29.0 Å². The van der Waals surface area contributed by atoms with Gasteiger partial charge in [0.05, 0.1) is 23.5 Å². The lowest BCUT2D eigenvalue weighted by Gasteiger charge is -2.22. The second-order valence-corrected chi connectivity index (χ2v) is 7.62. The molecule has 3 heterocycles. The molecule has 30 heavy (non-hydrogen) atoms. The highest BCUT2D eigenvalue weighted by atomic mass is 16.2. The first-order valence-electron chi connectivity index (χ1n) is 10.6. The van der Waals surface area contributed by atoms with Crippen LogP contribution in [0.4, 0.5) is 17.2 Å². The monoisotopic (exact) mass is 402 g/mol. The number of hydrogen-bond acceptors (Lipinski definition) is 4. The fraction of sp³-hybridized carbons (Fsp3) is 0.375. The van der Waals surface area contributed by atoms with Crippen molar-refractivity contribution in [2.75, 3.05) is 29.9 Å². The van der Waals surface area contributed by atoms with Crippen LogP contribution in [0.15, 0.2) is 42.6 Å². The Balaban J connectivity index is 1.48. The number of anilines is 3. The van der Waals surface area contributed by atoms with Crippen LogP contribution in [0.1, 0.15) is 48.9 Å². The Bertz CT molecular complexity index is 984. The molecule has 0 spiro atoms. The number of nitrogens with one attached hydrogen (secondary N) is 1. The van der Waals surface area contributed by atoms with E-state index in [0.29, 0.717) is 29.2 Å². The Morgan fingerprint density at radius 1 is 1.03 bits per heavy atom. The average molecular weight is 402 g/mol. The fourth-order valence-electron chi connectivity index (χ4n) is 3.92. The average Bonchev–Trinajstić information content (AvgIpc) is 3.09. The van der Waals surface area contributed by atoms with E-state index in [2.05, 4.69) is 27.0 Å². The zero-order valence-electron chi connectivity index (χ0n) is 17.1. The molecule has 0 unspecified atom stereocenters. The van der Waals surface area contributed by atoms with Gasteiger partial charge in [-0.25, -0.2) is 4.98 Å². The number of likely N-dealkylation sites (tertiary alicyclic amines) is 1. The Morgan fingerprint density at radius 3 is 2.67 bits per heavy atom.